The highest BCUT2D eigenvalue weighted by Gasteiger charge is 2.33. The van der Waals surface area contributed by atoms with E-state index >= 15 is 0 Å². The van der Waals surface area contributed by atoms with Crippen molar-refractivity contribution in [3.63, 3.8) is 0 Å². The Morgan fingerprint density at radius 3 is 2.15 bits per heavy atom. The highest BCUT2D eigenvalue weighted by Crippen LogP contribution is 2.27. The Kier molecular flexibility index (Phi) is 9.69. The molecule has 0 saturated carbocycles. The number of nitrogens with one attached hydrogen (secondary N) is 1. The lowest BCUT2D eigenvalue weighted by Crippen LogP contribution is -2.54. The van der Waals surface area contributed by atoms with Crippen LogP contribution in [0, 0.1) is 20.8 Å². The monoisotopic (exact) mass is 583 g/mol. The highest BCUT2D eigenvalue weighted by atomic mass is 35.5. The van der Waals surface area contributed by atoms with E-state index < -0.39 is 34.1 Å². The number of hydrogen-bond acceptors (Lipinski definition) is 4. The van der Waals surface area contributed by atoms with E-state index in [1.165, 1.54) is 17.0 Å². The van der Waals surface area contributed by atoms with E-state index in [2.05, 4.69) is 5.32 Å². The minimum absolute atomic E-state index is 0.0729. The summed E-state index contributed by atoms with van der Waals surface area (Å²) in [6, 6.07) is 17.9. The van der Waals surface area contributed by atoms with Crippen LogP contribution in [0.3, 0.4) is 0 Å². The van der Waals surface area contributed by atoms with Crippen molar-refractivity contribution in [1.82, 2.24) is 10.2 Å². The first-order valence-electron chi connectivity index (χ1n) is 13.1. The smallest absolute Gasteiger partial charge is 0.264 e. The van der Waals surface area contributed by atoms with Crippen LogP contribution in [0.25, 0.3) is 0 Å². The minimum atomic E-state index is -4.12. The van der Waals surface area contributed by atoms with Crippen molar-refractivity contribution in [3.05, 3.63) is 94.0 Å². The molecule has 0 fully saturated rings. The molecule has 0 unspecified atom stereocenters. The Hall–Kier alpha value is -3.36. The molecule has 2 amide bonds. The third-order valence-corrected chi connectivity index (χ3v) is 8.60. The number of carbonyl (C=O) groups excluding carboxylic acids is 2. The fraction of sp³-hybridized carbons (Fsp3) is 0.355. The quantitative estimate of drug-likeness (QED) is 0.345. The Morgan fingerprint density at radius 1 is 0.925 bits per heavy atom. The molecular formula is C31H38ClN3O4S. The van der Waals surface area contributed by atoms with Gasteiger partial charge in [-0.3, -0.25) is 13.9 Å². The van der Waals surface area contributed by atoms with Crippen molar-refractivity contribution in [2.24, 2.45) is 0 Å². The van der Waals surface area contributed by atoms with Gasteiger partial charge in [-0.05, 0) is 102 Å². The van der Waals surface area contributed by atoms with Crippen LogP contribution >= 0.6 is 11.6 Å². The Bertz CT molecular complexity index is 1480. The molecule has 0 aromatic heterocycles. The summed E-state index contributed by atoms with van der Waals surface area (Å²) in [5.74, 6) is -0.868. The van der Waals surface area contributed by atoms with Gasteiger partial charge in [0.05, 0.1) is 10.6 Å². The normalized spacial score (nSPS) is 12.5. The maximum atomic E-state index is 14.0. The summed E-state index contributed by atoms with van der Waals surface area (Å²) in [5.41, 5.74) is 3.37. The summed E-state index contributed by atoms with van der Waals surface area (Å²) in [4.78, 5) is 28.7. The number of nitrogens with zero attached hydrogens (tertiary/aromatic N) is 2. The molecule has 0 heterocycles. The van der Waals surface area contributed by atoms with Crippen LogP contribution < -0.4 is 9.62 Å². The second-order valence-electron chi connectivity index (χ2n) is 11.2. The molecule has 3 rings (SSSR count). The van der Waals surface area contributed by atoms with Crippen LogP contribution in [-0.2, 0) is 26.2 Å². The van der Waals surface area contributed by atoms with E-state index in [9.17, 15) is 18.0 Å². The highest BCUT2D eigenvalue weighted by molar-refractivity contribution is 7.92. The Morgan fingerprint density at radius 2 is 1.57 bits per heavy atom. The fourth-order valence-electron chi connectivity index (χ4n) is 4.14. The molecule has 1 atom stereocenters. The predicted octanol–water partition coefficient (Wildman–Crippen LogP) is 5.79. The third kappa shape index (κ3) is 7.86. The number of rotatable bonds is 9. The average Bonchev–Trinajstić information content (AvgIpc) is 2.86. The Balaban J connectivity index is 2.07. The molecule has 0 aliphatic heterocycles. The van der Waals surface area contributed by atoms with Crippen molar-refractivity contribution in [3.8, 4) is 0 Å². The van der Waals surface area contributed by atoms with Crippen molar-refractivity contribution in [2.75, 3.05) is 10.8 Å². The second-order valence-corrected chi connectivity index (χ2v) is 13.5. The van der Waals surface area contributed by atoms with Crippen molar-refractivity contribution in [2.45, 2.75) is 71.5 Å². The largest absolute Gasteiger partial charge is 0.350 e. The van der Waals surface area contributed by atoms with E-state index in [0.29, 0.717) is 10.7 Å². The first-order chi connectivity index (χ1) is 18.6. The molecule has 3 aromatic carbocycles. The predicted molar refractivity (Wildman–Crippen MR) is 161 cm³/mol. The molecule has 0 bridgehead atoms. The van der Waals surface area contributed by atoms with Gasteiger partial charge in [0.15, 0.2) is 0 Å². The molecule has 1 N–H and O–H groups in total. The van der Waals surface area contributed by atoms with E-state index in [-0.39, 0.29) is 17.3 Å². The zero-order chi connectivity index (χ0) is 29.8. The molecule has 3 aromatic rings. The fourth-order valence-corrected chi connectivity index (χ4v) is 5.75. The van der Waals surface area contributed by atoms with Gasteiger partial charge in [0.25, 0.3) is 10.0 Å². The van der Waals surface area contributed by atoms with Gasteiger partial charge in [-0.25, -0.2) is 8.42 Å². The summed E-state index contributed by atoms with van der Waals surface area (Å²) in [5, 5.41) is 3.42. The number of benzene rings is 3. The number of amides is 2. The van der Waals surface area contributed by atoms with Crippen molar-refractivity contribution < 1.29 is 18.0 Å². The van der Waals surface area contributed by atoms with Gasteiger partial charge in [0.2, 0.25) is 11.8 Å². The van der Waals surface area contributed by atoms with E-state index in [0.717, 1.165) is 26.6 Å². The number of anilines is 1. The zero-order valence-corrected chi connectivity index (χ0v) is 25.7. The van der Waals surface area contributed by atoms with Gasteiger partial charge in [-0.15, -0.1) is 0 Å². The topological polar surface area (TPSA) is 86.8 Å². The number of aryl methyl sites for hydroxylation is 3. The van der Waals surface area contributed by atoms with Crippen LogP contribution in [0.15, 0.2) is 71.6 Å². The van der Waals surface area contributed by atoms with Gasteiger partial charge in [0.1, 0.15) is 12.6 Å². The molecule has 9 heteroatoms. The molecule has 0 spiro atoms. The molecule has 7 nitrogen and oxygen atoms in total. The Labute approximate surface area is 243 Å². The molecule has 40 heavy (non-hydrogen) atoms. The molecular weight excluding hydrogens is 546 g/mol. The molecule has 214 valence electrons. The van der Waals surface area contributed by atoms with Crippen LogP contribution in [0.1, 0.15) is 49.9 Å². The van der Waals surface area contributed by atoms with Crippen molar-refractivity contribution >= 4 is 39.1 Å². The lowest BCUT2D eigenvalue weighted by Gasteiger charge is -2.33. The number of halogens is 1. The SMILES string of the molecule is Cc1ccc(S(=O)(=O)N(CC(=O)N(Cc2cccc(Cl)c2)[C@@H](C)C(=O)NC(C)(C)C)c2ccc(C)c(C)c2)cc1. The van der Waals surface area contributed by atoms with Gasteiger partial charge >= 0.3 is 0 Å². The molecule has 0 saturated heterocycles. The number of carbonyl (C=O) groups is 2. The maximum Gasteiger partial charge on any atom is 0.264 e. The summed E-state index contributed by atoms with van der Waals surface area (Å²) in [7, 11) is -4.12. The molecule has 0 radical (unpaired) electrons. The van der Waals surface area contributed by atoms with Gasteiger partial charge in [-0.2, -0.15) is 0 Å². The molecule has 0 aliphatic rings. The summed E-state index contributed by atoms with van der Waals surface area (Å²) in [6.45, 7) is 12.5. The maximum absolute atomic E-state index is 14.0. The van der Waals surface area contributed by atoms with Gasteiger partial charge < -0.3 is 10.2 Å². The van der Waals surface area contributed by atoms with Crippen LogP contribution in [0.5, 0.6) is 0 Å². The van der Waals surface area contributed by atoms with Crippen LogP contribution in [0.2, 0.25) is 5.02 Å². The van der Waals surface area contributed by atoms with Crippen LogP contribution in [-0.4, -0.2) is 43.3 Å². The summed E-state index contributed by atoms with van der Waals surface area (Å²) < 4.78 is 29.0. The third-order valence-electron chi connectivity index (χ3n) is 6.57. The first-order valence-corrected chi connectivity index (χ1v) is 14.9. The zero-order valence-electron chi connectivity index (χ0n) is 24.2. The first kappa shape index (κ1) is 31.2. The van der Waals surface area contributed by atoms with Crippen molar-refractivity contribution in [1.29, 1.82) is 0 Å². The number of sulfonamides is 1. The van der Waals surface area contributed by atoms with Crippen LogP contribution in [0.4, 0.5) is 5.69 Å². The van der Waals surface area contributed by atoms with Gasteiger partial charge in [-0.1, -0.05) is 47.5 Å². The van der Waals surface area contributed by atoms with Gasteiger partial charge in [0, 0.05) is 17.1 Å². The second kappa shape index (κ2) is 12.4. The lowest BCUT2D eigenvalue weighted by molar-refractivity contribution is -0.140. The van der Waals surface area contributed by atoms with E-state index in [1.807, 2.05) is 53.7 Å². The molecule has 0 aliphatic carbocycles. The van der Waals surface area contributed by atoms with E-state index in [1.54, 1.807) is 49.4 Å². The minimum Gasteiger partial charge on any atom is -0.350 e. The van der Waals surface area contributed by atoms with E-state index in [4.69, 9.17) is 11.6 Å². The lowest BCUT2D eigenvalue weighted by atomic mass is 10.1. The average molecular weight is 584 g/mol. The summed E-state index contributed by atoms with van der Waals surface area (Å²) in [6.07, 6.45) is 0. The number of hydrogen-bond donors (Lipinski definition) is 1. The summed E-state index contributed by atoms with van der Waals surface area (Å²) >= 11 is 6.20. The standard InChI is InChI=1S/C31H38ClN3O4S/c1-21-11-15-28(16-12-21)40(38,39)35(27-14-13-22(2)23(3)17-27)20-29(36)34(19-25-9-8-10-26(32)18-25)24(4)30(37)33-31(5,6)7/h8-18,24H,19-20H2,1-7H3,(H,33,37)/t24-/m0/s1.